The van der Waals surface area contributed by atoms with E-state index in [1.807, 2.05) is 0 Å². The number of hydrogen-bond acceptors (Lipinski definition) is 4. The summed E-state index contributed by atoms with van der Waals surface area (Å²) in [6.45, 7) is 1.80. The molecule has 0 aromatic heterocycles. The fourth-order valence-corrected chi connectivity index (χ4v) is 3.96. The number of fused-ring (bicyclic) bond motifs is 1. The molecule has 1 amide bonds. The van der Waals surface area contributed by atoms with Crippen molar-refractivity contribution in [3.8, 4) is 22.6 Å². The van der Waals surface area contributed by atoms with E-state index in [2.05, 4.69) is 10.0 Å². The molecule has 3 aromatic carbocycles. The summed E-state index contributed by atoms with van der Waals surface area (Å²) < 4.78 is 59.7. The summed E-state index contributed by atoms with van der Waals surface area (Å²) >= 11 is 0. The number of sulfonamides is 1. The van der Waals surface area contributed by atoms with Gasteiger partial charge in [-0.2, -0.15) is 0 Å². The van der Waals surface area contributed by atoms with Crippen LogP contribution in [0.1, 0.15) is 22.8 Å². The molecule has 0 aliphatic carbocycles. The van der Waals surface area contributed by atoms with Gasteiger partial charge in [0.25, 0.3) is 5.91 Å². The van der Waals surface area contributed by atoms with E-state index in [0.29, 0.717) is 40.6 Å². The first-order valence-electron chi connectivity index (χ1n) is 9.45. The average molecular weight is 444 g/mol. The van der Waals surface area contributed by atoms with Crippen LogP contribution in [0.4, 0.5) is 14.5 Å². The molecule has 0 radical (unpaired) electrons. The van der Waals surface area contributed by atoms with Gasteiger partial charge in [-0.15, -0.1) is 0 Å². The van der Waals surface area contributed by atoms with Gasteiger partial charge in [0.1, 0.15) is 11.6 Å². The first kappa shape index (κ1) is 20.8. The predicted molar refractivity (Wildman–Crippen MR) is 113 cm³/mol. The number of nitrogens with one attached hydrogen (secondary N) is 2. The van der Waals surface area contributed by atoms with Crippen LogP contribution in [0.5, 0.6) is 11.5 Å². The molecule has 160 valence electrons. The normalized spacial score (nSPS) is 12.9. The summed E-state index contributed by atoms with van der Waals surface area (Å²) in [5.41, 5.74) is 2.58. The molecule has 3 aromatic rings. The lowest BCUT2D eigenvalue weighted by molar-refractivity contribution is 0.0965. The summed E-state index contributed by atoms with van der Waals surface area (Å²) in [6, 6.07) is 12.6. The van der Waals surface area contributed by atoms with Crippen molar-refractivity contribution in [1.29, 1.82) is 0 Å². The third-order valence-corrected chi connectivity index (χ3v) is 6.19. The maximum Gasteiger partial charge on any atom is 0.251 e. The zero-order valence-corrected chi connectivity index (χ0v) is 17.2. The Morgan fingerprint density at radius 1 is 1.00 bits per heavy atom. The third-order valence-electron chi connectivity index (χ3n) is 4.88. The fraction of sp³-hybridized carbons (Fsp3) is 0.136. The minimum Gasteiger partial charge on any atom is -0.454 e. The van der Waals surface area contributed by atoms with Gasteiger partial charge in [0.15, 0.2) is 11.6 Å². The largest absolute Gasteiger partial charge is 0.454 e. The summed E-state index contributed by atoms with van der Waals surface area (Å²) in [4.78, 5) is 12.1. The van der Waals surface area contributed by atoms with Crippen molar-refractivity contribution in [3.05, 3.63) is 77.4 Å². The molecule has 0 fully saturated rings. The smallest absolute Gasteiger partial charge is 0.251 e. The Labute approximate surface area is 177 Å². The van der Waals surface area contributed by atoms with Crippen LogP contribution in [0, 0.1) is 11.6 Å². The Morgan fingerprint density at radius 3 is 2.48 bits per heavy atom. The van der Waals surface area contributed by atoms with E-state index >= 15 is 0 Å². The highest BCUT2D eigenvalue weighted by Crippen LogP contribution is 2.39. The maximum atomic E-state index is 14.2. The zero-order valence-electron chi connectivity index (χ0n) is 16.4. The predicted octanol–water partition coefficient (Wildman–Crippen LogP) is 4.43. The molecule has 31 heavy (non-hydrogen) atoms. The van der Waals surface area contributed by atoms with Crippen LogP contribution in [0.2, 0.25) is 0 Å². The molecular formula is C22H18F2N2O4S. The van der Waals surface area contributed by atoms with Crippen LogP contribution in [0.3, 0.4) is 0 Å². The number of anilines is 1. The Kier molecular flexibility index (Phi) is 5.36. The van der Waals surface area contributed by atoms with Gasteiger partial charge in [-0.3, -0.25) is 9.52 Å². The van der Waals surface area contributed by atoms with Crippen LogP contribution in [-0.4, -0.2) is 20.1 Å². The Hall–Kier alpha value is -3.46. The molecule has 1 aliphatic heterocycles. The van der Waals surface area contributed by atoms with Crippen LogP contribution < -0.4 is 14.8 Å². The highest BCUT2D eigenvalue weighted by Gasteiger charge is 2.24. The average Bonchev–Trinajstić information content (AvgIpc) is 3.12. The molecule has 0 saturated heterocycles. The minimum atomic E-state index is -3.53. The van der Waals surface area contributed by atoms with Gasteiger partial charge in [0.2, 0.25) is 10.0 Å². The van der Waals surface area contributed by atoms with Crippen molar-refractivity contribution in [2.24, 2.45) is 0 Å². The standard InChI is InChI=1S/C22H18F2N2O4S/c1-2-31(28,29)26-14-7-9-20(30-21-8-6-13(23)10-19(21)24)17(11-14)15-4-3-5-16-18(15)12-25-22(16)27/h3-11,26H,2,12H2,1H3,(H,25,27). The van der Waals surface area contributed by atoms with E-state index < -0.39 is 21.7 Å². The van der Waals surface area contributed by atoms with Gasteiger partial charge in [-0.25, -0.2) is 17.2 Å². The molecule has 0 spiro atoms. The molecule has 0 saturated carbocycles. The van der Waals surface area contributed by atoms with E-state index in [1.54, 1.807) is 24.3 Å². The van der Waals surface area contributed by atoms with Crippen LogP contribution >= 0.6 is 0 Å². The Bertz CT molecular complexity index is 1290. The zero-order chi connectivity index (χ0) is 22.2. The second-order valence-corrected chi connectivity index (χ2v) is 8.92. The molecule has 0 unspecified atom stereocenters. The number of benzene rings is 3. The van der Waals surface area contributed by atoms with E-state index in [1.165, 1.54) is 25.1 Å². The quantitative estimate of drug-likeness (QED) is 0.589. The summed E-state index contributed by atoms with van der Waals surface area (Å²) in [7, 11) is -3.53. The Balaban J connectivity index is 1.85. The van der Waals surface area contributed by atoms with Crippen LogP contribution in [0.25, 0.3) is 11.1 Å². The van der Waals surface area contributed by atoms with E-state index in [0.717, 1.165) is 6.07 Å². The van der Waals surface area contributed by atoms with Gasteiger partial charge in [0.05, 0.1) is 5.75 Å². The second-order valence-electron chi connectivity index (χ2n) is 6.91. The summed E-state index contributed by atoms with van der Waals surface area (Å²) in [6.07, 6.45) is 0. The third kappa shape index (κ3) is 4.22. The number of rotatable bonds is 6. The number of hydrogen-bond donors (Lipinski definition) is 2. The molecular weight excluding hydrogens is 426 g/mol. The number of carbonyl (C=O) groups excluding carboxylic acids is 1. The maximum absolute atomic E-state index is 14.2. The molecule has 6 nitrogen and oxygen atoms in total. The minimum absolute atomic E-state index is 0.111. The van der Waals surface area contributed by atoms with Gasteiger partial charge in [0, 0.05) is 29.4 Å². The molecule has 2 N–H and O–H groups in total. The van der Waals surface area contributed by atoms with Gasteiger partial charge in [-0.1, -0.05) is 12.1 Å². The topological polar surface area (TPSA) is 84.5 Å². The van der Waals surface area contributed by atoms with Crippen molar-refractivity contribution in [1.82, 2.24) is 5.32 Å². The number of ether oxygens (including phenoxy) is 1. The lowest BCUT2D eigenvalue weighted by Gasteiger charge is -2.16. The van der Waals surface area contributed by atoms with Crippen LogP contribution in [0.15, 0.2) is 54.6 Å². The highest BCUT2D eigenvalue weighted by atomic mass is 32.2. The van der Waals surface area contributed by atoms with E-state index in [-0.39, 0.29) is 23.2 Å². The molecule has 1 aliphatic rings. The molecule has 9 heteroatoms. The lowest BCUT2D eigenvalue weighted by Crippen LogP contribution is -2.14. The van der Waals surface area contributed by atoms with Crippen molar-refractivity contribution >= 4 is 21.6 Å². The van der Waals surface area contributed by atoms with Gasteiger partial charge in [-0.05, 0) is 54.4 Å². The van der Waals surface area contributed by atoms with Crippen LogP contribution in [-0.2, 0) is 16.6 Å². The molecule has 0 bridgehead atoms. The number of amides is 1. The van der Waals surface area contributed by atoms with Crippen molar-refractivity contribution in [3.63, 3.8) is 0 Å². The SMILES string of the molecule is CCS(=O)(=O)Nc1ccc(Oc2ccc(F)cc2F)c(-c2cccc3c2CNC3=O)c1. The second kappa shape index (κ2) is 7.99. The van der Waals surface area contributed by atoms with Crippen molar-refractivity contribution in [2.45, 2.75) is 13.5 Å². The molecule has 1 heterocycles. The van der Waals surface area contributed by atoms with Gasteiger partial charge >= 0.3 is 0 Å². The number of halogens is 2. The first-order valence-corrected chi connectivity index (χ1v) is 11.1. The van der Waals surface area contributed by atoms with E-state index in [4.69, 9.17) is 4.74 Å². The summed E-state index contributed by atoms with van der Waals surface area (Å²) in [5.74, 6) is -1.91. The molecule has 0 atom stereocenters. The lowest BCUT2D eigenvalue weighted by atomic mass is 9.96. The first-order chi connectivity index (χ1) is 14.8. The Morgan fingerprint density at radius 2 is 1.74 bits per heavy atom. The van der Waals surface area contributed by atoms with Crippen molar-refractivity contribution in [2.75, 3.05) is 10.5 Å². The monoisotopic (exact) mass is 444 g/mol. The highest BCUT2D eigenvalue weighted by molar-refractivity contribution is 7.92. The molecule has 4 rings (SSSR count). The van der Waals surface area contributed by atoms with E-state index in [9.17, 15) is 22.0 Å². The summed E-state index contributed by atoms with van der Waals surface area (Å²) in [5, 5.41) is 2.75. The van der Waals surface area contributed by atoms with Crippen molar-refractivity contribution < 1.29 is 26.7 Å². The number of carbonyl (C=O) groups is 1. The fourth-order valence-electron chi connectivity index (χ4n) is 3.33. The van der Waals surface area contributed by atoms with Gasteiger partial charge < -0.3 is 10.1 Å².